The number of aryl methyl sites for hydroxylation is 4. The summed E-state index contributed by atoms with van der Waals surface area (Å²) in [7, 11) is 0. The zero-order valence-corrected chi connectivity index (χ0v) is 17.2. The first kappa shape index (κ1) is 18.7. The topological polar surface area (TPSA) is 38.3 Å². The Bertz CT molecular complexity index is 788. The van der Waals surface area contributed by atoms with Crippen LogP contribution in [0.1, 0.15) is 67.6 Å². The smallest absolute Gasteiger partial charge is 0.222 e. The molecule has 2 heterocycles. The molecule has 1 aromatic carbocycles. The summed E-state index contributed by atoms with van der Waals surface area (Å²) in [5, 5.41) is 0. The summed E-state index contributed by atoms with van der Waals surface area (Å²) in [5.74, 6) is 2.90. The Hall–Kier alpha value is -2.10. The molecule has 0 N–H and O–H groups in total. The molecule has 1 atom stereocenters. The summed E-state index contributed by atoms with van der Waals surface area (Å²) in [6, 6.07) is 4.50. The van der Waals surface area contributed by atoms with E-state index in [1.54, 1.807) is 0 Å². The first-order chi connectivity index (χ1) is 12.3. The molecule has 0 radical (unpaired) electrons. The highest BCUT2D eigenvalue weighted by atomic mass is 16.5. The zero-order valence-electron chi connectivity index (χ0n) is 17.2. The molecule has 4 nitrogen and oxygen atoms in total. The number of benzene rings is 1. The van der Waals surface area contributed by atoms with Crippen LogP contribution < -0.4 is 9.64 Å². The van der Waals surface area contributed by atoms with Crippen molar-refractivity contribution >= 4 is 11.5 Å². The summed E-state index contributed by atoms with van der Waals surface area (Å²) >= 11 is 0. The van der Waals surface area contributed by atoms with Gasteiger partial charge in [0, 0.05) is 18.2 Å². The lowest BCUT2D eigenvalue weighted by Gasteiger charge is -2.24. The minimum absolute atomic E-state index is 0.206. The summed E-state index contributed by atoms with van der Waals surface area (Å²) in [5.41, 5.74) is 6.31. The molecule has 0 amide bonds. The fraction of sp³-hybridized carbons (Fsp3) is 0.545. The molecule has 1 aliphatic rings. The molecule has 26 heavy (non-hydrogen) atoms. The molecule has 0 fully saturated rings. The van der Waals surface area contributed by atoms with Crippen molar-refractivity contribution in [2.24, 2.45) is 0 Å². The highest BCUT2D eigenvalue weighted by molar-refractivity contribution is 5.74. The second-order valence-corrected chi connectivity index (χ2v) is 7.63. The maximum Gasteiger partial charge on any atom is 0.222 e. The van der Waals surface area contributed by atoms with Crippen molar-refractivity contribution < 1.29 is 4.74 Å². The van der Waals surface area contributed by atoms with E-state index >= 15 is 0 Å². The highest BCUT2D eigenvalue weighted by Gasteiger charge is 2.34. The lowest BCUT2D eigenvalue weighted by atomic mass is 10.0. The van der Waals surface area contributed by atoms with Crippen molar-refractivity contribution in [3.05, 3.63) is 40.2 Å². The number of ether oxygens (including phenoxy) is 1. The van der Waals surface area contributed by atoms with E-state index in [4.69, 9.17) is 9.72 Å². The predicted octanol–water partition coefficient (Wildman–Crippen LogP) is 5.53. The van der Waals surface area contributed by atoms with E-state index in [0.29, 0.717) is 5.92 Å². The van der Waals surface area contributed by atoms with Crippen LogP contribution >= 0.6 is 0 Å². The number of fused-ring (bicyclic) bond motifs is 1. The summed E-state index contributed by atoms with van der Waals surface area (Å²) in [6.07, 6.45) is 2.18. The van der Waals surface area contributed by atoms with Crippen molar-refractivity contribution in [2.75, 3.05) is 11.4 Å². The van der Waals surface area contributed by atoms with E-state index < -0.39 is 0 Å². The average molecular weight is 354 g/mol. The molecule has 0 saturated carbocycles. The van der Waals surface area contributed by atoms with Gasteiger partial charge in [0.2, 0.25) is 5.88 Å². The van der Waals surface area contributed by atoms with Gasteiger partial charge in [0.25, 0.3) is 0 Å². The highest BCUT2D eigenvalue weighted by Crippen LogP contribution is 2.45. The van der Waals surface area contributed by atoms with Gasteiger partial charge in [-0.15, -0.1) is 0 Å². The molecular formula is C22H31N3O. The van der Waals surface area contributed by atoms with E-state index in [-0.39, 0.29) is 6.10 Å². The molecule has 1 unspecified atom stereocenters. The van der Waals surface area contributed by atoms with Crippen LogP contribution in [-0.2, 0) is 0 Å². The molecule has 2 aromatic rings. The molecule has 0 saturated heterocycles. The lowest BCUT2D eigenvalue weighted by molar-refractivity contribution is 0.182. The van der Waals surface area contributed by atoms with Crippen LogP contribution in [0, 0.1) is 27.7 Å². The molecule has 0 aliphatic carbocycles. The molecule has 1 aromatic heterocycles. The fourth-order valence-electron chi connectivity index (χ4n) is 4.13. The van der Waals surface area contributed by atoms with Gasteiger partial charge in [0.1, 0.15) is 11.6 Å². The number of anilines is 2. The van der Waals surface area contributed by atoms with Gasteiger partial charge in [-0.1, -0.05) is 38.5 Å². The van der Waals surface area contributed by atoms with Gasteiger partial charge in [-0.3, -0.25) is 0 Å². The minimum Gasteiger partial charge on any atom is -0.474 e. The van der Waals surface area contributed by atoms with Gasteiger partial charge in [-0.25, -0.2) is 4.98 Å². The van der Waals surface area contributed by atoms with Crippen molar-refractivity contribution in [3.8, 4) is 5.88 Å². The largest absolute Gasteiger partial charge is 0.474 e. The normalized spacial score (nSPS) is 16.3. The molecule has 4 heteroatoms. The number of nitrogens with zero attached hydrogens (tertiary/aromatic N) is 3. The molecule has 140 valence electrons. The summed E-state index contributed by atoms with van der Waals surface area (Å²) in [6.45, 7) is 16.0. The van der Waals surface area contributed by atoms with Crippen LogP contribution in [0.5, 0.6) is 5.88 Å². The van der Waals surface area contributed by atoms with Crippen molar-refractivity contribution in [3.63, 3.8) is 0 Å². The van der Waals surface area contributed by atoms with Crippen LogP contribution in [0.4, 0.5) is 11.5 Å². The summed E-state index contributed by atoms with van der Waals surface area (Å²) < 4.78 is 6.29. The third kappa shape index (κ3) is 3.29. The van der Waals surface area contributed by atoms with E-state index in [0.717, 1.165) is 42.5 Å². The molecule has 1 aliphatic heterocycles. The third-order valence-corrected chi connectivity index (χ3v) is 5.30. The van der Waals surface area contributed by atoms with E-state index in [1.807, 2.05) is 6.92 Å². The zero-order chi connectivity index (χ0) is 19.0. The van der Waals surface area contributed by atoms with E-state index in [1.165, 1.54) is 22.4 Å². The van der Waals surface area contributed by atoms with Gasteiger partial charge in [-0.05, 0) is 51.7 Å². The monoisotopic (exact) mass is 353 g/mol. The van der Waals surface area contributed by atoms with Crippen molar-refractivity contribution in [2.45, 2.75) is 73.3 Å². The first-order valence-corrected chi connectivity index (χ1v) is 9.76. The van der Waals surface area contributed by atoms with Crippen LogP contribution in [0.2, 0.25) is 0 Å². The first-order valence-electron chi connectivity index (χ1n) is 9.76. The van der Waals surface area contributed by atoms with Crippen molar-refractivity contribution in [1.29, 1.82) is 0 Å². The average Bonchev–Trinajstić information content (AvgIpc) is 2.88. The van der Waals surface area contributed by atoms with E-state index in [9.17, 15) is 0 Å². The van der Waals surface area contributed by atoms with E-state index in [2.05, 4.69) is 63.6 Å². The fourth-order valence-corrected chi connectivity index (χ4v) is 4.13. The maximum atomic E-state index is 6.29. The van der Waals surface area contributed by atoms with Crippen LogP contribution in [0.15, 0.2) is 12.1 Å². The van der Waals surface area contributed by atoms with Gasteiger partial charge in [0.15, 0.2) is 0 Å². The van der Waals surface area contributed by atoms with Crippen LogP contribution in [0.25, 0.3) is 0 Å². The Morgan fingerprint density at radius 2 is 1.69 bits per heavy atom. The number of hydrogen-bond acceptors (Lipinski definition) is 4. The predicted molar refractivity (Wildman–Crippen MR) is 108 cm³/mol. The van der Waals surface area contributed by atoms with Crippen LogP contribution in [-0.4, -0.2) is 22.6 Å². The minimum atomic E-state index is 0.206. The SMILES string of the molecule is CCC(CC)Oc1nc(C)nc2c1C(C)CN2c1c(C)cc(C)cc1C. The molecule has 0 bridgehead atoms. The Morgan fingerprint density at radius 3 is 2.27 bits per heavy atom. The van der Waals surface area contributed by atoms with Gasteiger partial charge < -0.3 is 9.64 Å². The Kier molecular flexibility index (Phi) is 5.22. The maximum absolute atomic E-state index is 6.29. The molecule has 0 spiro atoms. The number of aromatic nitrogens is 2. The Labute approximate surface area is 157 Å². The Morgan fingerprint density at radius 1 is 1.08 bits per heavy atom. The Balaban J connectivity index is 2.11. The summed E-state index contributed by atoms with van der Waals surface area (Å²) in [4.78, 5) is 11.8. The second-order valence-electron chi connectivity index (χ2n) is 7.63. The second kappa shape index (κ2) is 7.26. The van der Waals surface area contributed by atoms with Gasteiger partial charge >= 0.3 is 0 Å². The van der Waals surface area contributed by atoms with Gasteiger partial charge in [-0.2, -0.15) is 4.98 Å². The molecular weight excluding hydrogens is 322 g/mol. The molecule has 3 rings (SSSR count). The number of rotatable bonds is 5. The standard InChI is InChI=1S/C22H31N3O/c1-8-18(9-2)26-22-19-16(6)12-25(21(19)23-17(7)24-22)20-14(4)10-13(3)11-15(20)5/h10-11,16,18H,8-9,12H2,1-7H3. The van der Waals surface area contributed by atoms with Crippen molar-refractivity contribution in [1.82, 2.24) is 9.97 Å². The van der Waals surface area contributed by atoms with Gasteiger partial charge in [0.05, 0.1) is 11.7 Å². The lowest BCUT2D eigenvalue weighted by Crippen LogP contribution is -2.18. The quantitative estimate of drug-likeness (QED) is 0.708. The van der Waals surface area contributed by atoms with Crippen LogP contribution in [0.3, 0.4) is 0 Å². The number of hydrogen-bond donors (Lipinski definition) is 0. The third-order valence-electron chi connectivity index (χ3n) is 5.30.